The van der Waals surface area contributed by atoms with E-state index in [0.717, 1.165) is 11.4 Å². The summed E-state index contributed by atoms with van der Waals surface area (Å²) in [5.41, 5.74) is 0.722. The Bertz CT molecular complexity index is 509. The number of aryl methyl sites for hydroxylation is 1. The van der Waals surface area contributed by atoms with Gasteiger partial charge in [0.15, 0.2) is 5.78 Å². The molecule has 0 fully saturated rings. The summed E-state index contributed by atoms with van der Waals surface area (Å²) in [7, 11) is 0. The minimum absolute atomic E-state index is 0.0954. The molecule has 1 heterocycles. The molecular formula is C12H13N3OS. The van der Waals surface area contributed by atoms with Gasteiger partial charge < -0.3 is 0 Å². The first-order chi connectivity index (χ1) is 8.16. The average Bonchev–Trinajstić information content (AvgIpc) is 2.75. The highest BCUT2D eigenvalue weighted by atomic mass is 32.2. The summed E-state index contributed by atoms with van der Waals surface area (Å²) in [5.74, 6) is 0.852. The Hall–Kier alpha value is -1.62. The maximum Gasteiger partial charge on any atom is 0.209 e. The average molecular weight is 247 g/mol. The highest BCUT2D eigenvalue weighted by Gasteiger charge is 2.17. The lowest BCUT2D eigenvalue weighted by molar-refractivity contribution is 0.0994. The van der Waals surface area contributed by atoms with E-state index in [1.807, 2.05) is 44.2 Å². The van der Waals surface area contributed by atoms with Crippen LogP contribution < -0.4 is 0 Å². The largest absolute Gasteiger partial charge is 0.293 e. The number of carbonyl (C=O) groups is 1. The van der Waals surface area contributed by atoms with Gasteiger partial charge in [0.1, 0.15) is 5.82 Å². The lowest BCUT2D eigenvalue weighted by atomic mass is 10.1. The predicted octanol–water partition coefficient (Wildman–Crippen LogP) is 2.48. The van der Waals surface area contributed by atoms with Crippen molar-refractivity contribution >= 4 is 17.5 Å². The number of Topliss-reactive ketones (excluding diaryl/α,β-unsaturated/α-hetero) is 1. The van der Waals surface area contributed by atoms with Crippen molar-refractivity contribution in [2.45, 2.75) is 24.3 Å². The van der Waals surface area contributed by atoms with Gasteiger partial charge in [-0.05, 0) is 13.8 Å². The molecule has 1 unspecified atom stereocenters. The van der Waals surface area contributed by atoms with E-state index in [2.05, 4.69) is 15.2 Å². The van der Waals surface area contributed by atoms with Crippen molar-refractivity contribution < 1.29 is 4.79 Å². The van der Waals surface area contributed by atoms with Crippen LogP contribution in [0.4, 0.5) is 0 Å². The molecule has 0 aliphatic carbocycles. The van der Waals surface area contributed by atoms with E-state index in [-0.39, 0.29) is 11.0 Å². The summed E-state index contributed by atoms with van der Waals surface area (Å²) in [4.78, 5) is 16.2. The summed E-state index contributed by atoms with van der Waals surface area (Å²) in [6.45, 7) is 3.70. The Balaban J connectivity index is 2.06. The molecule has 0 bridgehead atoms. The topological polar surface area (TPSA) is 58.6 Å². The zero-order valence-corrected chi connectivity index (χ0v) is 10.5. The van der Waals surface area contributed by atoms with Gasteiger partial charge in [-0.25, -0.2) is 4.98 Å². The van der Waals surface area contributed by atoms with Crippen LogP contribution in [0.25, 0.3) is 0 Å². The summed E-state index contributed by atoms with van der Waals surface area (Å²) in [5, 5.41) is 7.19. The van der Waals surface area contributed by atoms with E-state index in [1.165, 1.54) is 11.8 Å². The van der Waals surface area contributed by atoms with Crippen LogP contribution in [0.2, 0.25) is 0 Å². The van der Waals surface area contributed by atoms with Crippen LogP contribution in [-0.2, 0) is 0 Å². The van der Waals surface area contributed by atoms with E-state index >= 15 is 0 Å². The highest BCUT2D eigenvalue weighted by Crippen LogP contribution is 2.22. The monoisotopic (exact) mass is 247 g/mol. The molecule has 0 radical (unpaired) electrons. The Morgan fingerprint density at radius 3 is 2.65 bits per heavy atom. The van der Waals surface area contributed by atoms with Crippen LogP contribution in [0.5, 0.6) is 0 Å². The summed E-state index contributed by atoms with van der Waals surface area (Å²) >= 11 is 1.36. The van der Waals surface area contributed by atoms with Gasteiger partial charge in [-0.3, -0.25) is 9.89 Å². The van der Waals surface area contributed by atoms with Crippen molar-refractivity contribution in [1.29, 1.82) is 0 Å². The van der Waals surface area contributed by atoms with Gasteiger partial charge >= 0.3 is 0 Å². The zero-order chi connectivity index (χ0) is 12.3. The van der Waals surface area contributed by atoms with Crippen molar-refractivity contribution in [3.8, 4) is 0 Å². The molecule has 4 nitrogen and oxygen atoms in total. The summed E-state index contributed by atoms with van der Waals surface area (Å²) < 4.78 is 0. The van der Waals surface area contributed by atoms with Crippen LogP contribution in [0.15, 0.2) is 35.5 Å². The standard InChI is InChI=1S/C12H13N3OS/c1-8(17-12-13-9(2)14-15-12)11(16)10-6-4-3-5-7-10/h3-8H,1-2H3,(H,13,14,15). The fourth-order valence-corrected chi connectivity index (χ4v) is 2.27. The van der Waals surface area contributed by atoms with Gasteiger partial charge in [-0.15, -0.1) is 5.10 Å². The van der Waals surface area contributed by atoms with Crippen LogP contribution in [0.3, 0.4) is 0 Å². The lowest BCUT2D eigenvalue weighted by Crippen LogP contribution is -2.13. The normalized spacial score (nSPS) is 12.4. The number of H-pyrrole nitrogens is 1. The third kappa shape index (κ3) is 2.94. The smallest absolute Gasteiger partial charge is 0.209 e. The first kappa shape index (κ1) is 11.9. The molecule has 0 spiro atoms. The molecule has 0 aliphatic rings. The molecule has 0 saturated heterocycles. The molecular weight excluding hydrogens is 234 g/mol. The molecule has 0 amide bonds. The number of hydrogen-bond acceptors (Lipinski definition) is 4. The highest BCUT2D eigenvalue weighted by molar-refractivity contribution is 8.00. The molecule has 1 aromatic heterocycles. The number of carbonyl (C=O) groups excluding carboxylic acids is 1. The van der Waals surface area contributed by atoms with Crippen LogP contribution >= 0.6 is 11.8 Å². The van der Waals surface area contributed by atoms with E-state index in [1.54, 1.807) is 0 Å². The fourth-order valence-electron chi connectivity index (χ4n) is 1.42. The first-order valence-electron chi connectivity index (χ1n) is 5.32. The predicted molar refractivity (Wildman–Crippen MR) is 67.2 cm³/mol. The molecule has 0 saturated carbocycles. The third-order valence-corrected chi connectivity index (χ3v) is 3.25. The Morgan fingerprint density at radius 2 is 2.06 bits per heavy atom. The maximum atomic E-state index is 12.1. The van der Waals surface area contributed by atoms with E-state index < -0.39 is 0 Å². The second-order valence-electron chi connectivity index (χ2n) is 3.69. The SMILES string of the molecule is Cc1nc(SC(C)C(=O)c2ccccc2)n[nH]1. The zero-order valence-electron chi connectivity index (χ0n) is 9.68. The van der Waals surface area contributed by atoms with Gasteiger partial charge in [0.2, 0.25) is 5.16 Å². The maximum absolute atomic E-state index is 12.1. The van der Waals surface area contributed by atoms with Crippen molar-refractivity contribution in [3.05, 3.63) is 41.7 Å². The number of nitrogens with one attached hydrogen (secondary N) is 1. The number of hydrogen-bond donors (Lipinski definition) is 1. The van der Waals surface area contributed by atoms with E-state index in [0.29, 0.717) is 5.16 Å². The second-order valence-corrected chi connectivity index (χ2v) is 5.00. The Kier molecular flexibility index (Phi) is 3.58. The number of aromatic amines is 1. The number of nitrogens with zero attached hydrogens (tertiary/aromatic N) is 2. The third-order valence-electron chi connectivity index (χ3n) is 2.29. The van der Waals surface area contributed by atoms with Gasteiger partial charge in [-0.1, -0.05) is 42.1 Å². The van der Waals surface area contributed by atoms with Gasteiger partial charge in [0, 0.05) is 5.56 Å². The summed E-state index contributed by atoms with van der Waals surface area (Å²) in [6.07, 6.45) is 0. The fraction of sp³-hybridized carbons (Fsp3) is 0.250. The van der Waals surface area contributed by atoms with Gasteiger partial charge in [-0.2, -0.15) is 0 Å². The van der Waals surface area contributed by atoms with Crippen molar-refractivity contribution in [2.24, 2.45) is 0 Å². The Labute approximate surface area is 104 Å². The molecule has 1 atom stereocenters. The molecule has 88 valence electrons. The van der Waals surface area contributed by atoms with E-state index in [4.69, 9.17) is 0 Å². The lowest BCUT2D eigenvalue weighted by Gasteiger charge is -2.07. The molecule has 2 rings (SSSR count). The number of rotatable bonds is 4. The van der Waals surface area contributed by atoms with Gasteiger partial charge in [0.25, 0.3) is 0 Å². The van der Waals surface area contributed by atoms with Crippen LogP contribution in [0.1, 0.15) is 23.1 Å². The van der Waals surface area contributed by atoms with Gasteiger partial charge in [0.05, 0.1) is 5.25 Å². The Morgan fingerprint density at radius 1 is 1.35 bits per heavy atom. The molecule has 0 aliphatic heterocycles. The number of aromatic nitrogens is 3. The van der Waals surface area contributed by atoms with Crippen molar-refractivity contribution in [2.75, 3.05) is 0 Å². The van der Waals surface area contributed by atoms with Crippen LogP contribution in [0, 0.1) is 6.92 Å². The van der Waals surface area contributed by atoms with Crippen molar-refractivity contribution in [1.82, 2.24) is 15.2 Å². The number of benzene rings is 1. The molecule has 17 heavy (non-hydrogen) atoms. The number of thioether (sulfide) groups is 1. The molecule has 2 aromatic rings. The quantitative estimate of drug-likeness (QED) is 0.666. The second kappa shape index (κ2) is 5.14. The molecule has 5 heteroatoms. The van der Waals surface area contributed by atoms with Crippen LogP contribution in [-0.4, -0.2) is 26.2 Å². The minimum Gasteiger partial charge on any atom is -0.293 e. The van der Waals surface area contributed by atoms with E-state index in [9.17, 15) is 4.79 Å². The number of ketones is 1. The summed E-state index contributed by atoms with van der Waals surface area (Å²) in [6, 6.07) is 9.27. The molecule has 1 aromatic carbocycles. The minimum atomic E-state index is -0.187. The first-order valence-corrected chi connectivity index (χ1v) is 6.19. The molecule has 1 N–H and O–H groups in total. The van der Waals surface area contributed by atoms with Crippen molar-refractivity contribution in [3.63, 3.8) is 0 Å².